The van der Waals surface area contributed by atoms with Crippen molar-refractivity contribution in [3.63, 3.8) is 0 Å². The summed E-state index contributed by atoms with van der Waals surface area (Å²) in [6.07, 6.45) is 9.15. The van der Waals surface area contributed by atoms with Crippen LogP contribution >= 0.6 is 0 Å². The molecule has 0 radical (unpaired) electrons. The summed E-state index contributed by atoms with van der Waals surface area (Å²) in [7, 11) is 0. The minimum absolute atomic E-state index is 0.00565. The molecule has 31 heavy (non-hydrogen) atoms. The second-order valence-electron chi connectivity index (χ2n) is 5.52. The van der Waals surface area contributed by atoms with Crippen LogP contribution in [0.5, 0.6) is 0 Å². The van der Waals surface area contributed by atoms with E-state index in [2.05, 4.69) is 38.6 Å². The number of carbonyl (C=O) groups excluding carboxylic acids is 1. The molecule has 15 nitrogen and oxygen atoms in total. The van der Waals surface area contributed by atoms with Crippen molar-refractivity contribution in [3.8, 4) is 12.8 Å². The van der Waals surface area contributed by atoms with Gasteiger partial charge in [-0.1, -0.05) is 5.16 Å². The number of nitrogens with zero attached hydrogens (tertiary/aromatic N) is 3. The van der Waals surface area contributed by atoms with Crippen LogP contribution in [-0.4, -0.2) is 68.6 Å². The number of aliphatic hydroxyl groups excluding tert-OH is 1. The van der Waals surface area contributed by atoms with Crippen LogP contribution < -0.4 is 27.8 Å². The molecule has 0 spiro atoms. The van der Waals surface area contributed by atoms with E-state index >= 15 is 0 Å². The van der Waals surface area contributed by atoms with Crippen LogP contribution in [0.3, 0.4) is 0 Å². The van der Waals surface area contributed by atoms with E-state index in [0.29, 0.717) is 19.4 Å². The zero-order chi connectivity index (χ0) is 24.4. The molecule has 1 aromatic heterocycles. The molecular weight excluding hydrogens is 416 g/mol. The summed E-state index contributed by atoms with van der Waals surface area (Å²) in [6, 6.07) is -2.69. The first kappa shape index (κ1) is 29.3. The fourth-order valence-corrected chi connectivity index (χ4v) is 1.69. The Balaban J connectivity index is 0. The molecule has 0 aliphatic heterocycles. The van der Waals surface area contributed by atoms with Gasteiger partial charge in [-0.05, 0) is 12.8 Å². The molecule has 0 unspecified atom stereocenters. The third-order valence-electron chi connectivity index (χ3n) is 2.97. The number of carboxylic acid groups (broad SMARTS) is 2. The number of amides is 2. The maximum absolute atomic E-state index is 11.5. The average molecular weight is 444 g/mol. The normalized spacial score (nSPS) is 11.3. The number of nitrogens with two attached hydrogens (primary N) is 3. The van der Waals surface area contributed by atoms with Crippen LogP contribution in [-0.2, 0) is 16.1 Å². The van der Waals surface area contributed by atoms with Gasteiger partial charge in [-0.25, -0.2) is 9.59 Å². The monoisotopic (exact) mass is 444 g/mol. The largest absolute Gasteiger partial charge is 0.481 e. The molecule has 174 valence electrons. The van der Waals surface area contributed by atoms with Gasteiger partial charge in [-0.2, -0.15) is 4.98 Å². The Bertz CT molecular complexity index is 727. The van der Waals surface area contributed by atoms with Gasteiger partial charge in [0, 0.05) is 13.5 Å². The molecule has 2 amide bonds. The Morgan fingerprint density at radius 1 is 1.26 bits per heavy atom. The second-order valence-corrected chi connectivity index (χ2v) is 5.52. The van der Waals surface area contributed by atoms with Crippen molar-refractivity contribution in [2.45, 2.75) is 38.4 Å². The molecule has 0 saturated heterocycles. The molecule has 0 aromatic carbocycles. The summed E-state index contributed by atoms with van der Waals surface area (Å²) >= 11 is 0. The SMILES string of the molecule is C#C.CC(=O)O.NC(N)=NCCC[C@H](N)c1noc(CNC(=O)N[C@@H](CO)C(=O)O)n1. The predicted molar refractivity (Wildman–Crippen MR) is 108 cm³/mol. The quantitative estimate of drug-likeness (QED) is 0.0819. The molecule has 0 aliphatic carbocycles. The van der Waals surface area contributed by atoms with Gasteiger partial charge in [0.1, 0.15) is 0 Å². The van der Waals surface area contributed by atoms with Crippen molar-refractivity contribution in [1.82, 2.24) is 20.8 Å². The van der Waals surface area contributed by atoms with Crippen molar-refractivity contribution in [1.29, 1.82) is 0 Å². The number of terminal acetylenes is 1. The van der Waals surface area contributed by atoms with Crippen molar-refractivity contribution >= 4 is 23.9 Å². The van der Waals surface area contributed by atoms with Gasteiger partial charge in [0.15, 0.2) is 17.8 Å². The maximum Gasteiger partial charge on any atom is 0.328 e. The number of rotatable bonds is 10. The Labute approximate surface area is 178 Å². The maximum atomic E-state index is 11.5. The number of aliphatic imine (C=N–C) groups is 1. The number of hydrogen-bond donors (Lipinski definition) is 8. The summed E-state index contributed by atoms with van der Waals surface area (Å²) < 4.78 is 4.94. The first-order valence-electron chi connectivity index (χ1n) is 8.61. The third kappa shape index (κ3) is 15.7. The molecular formula is C16H28N8O7. The van der Waals surface area contributed by atoms with Gasteiger partial charge >= 0.3 is 12.0 Å². The van der Waals surface area contributed by atoms with Crippen molar-refractivity contribution in [3.05, 3.63) is 11.7 Å². The lowest BCUT2D eigenvalue weighted by Gasteiger charge is -2.11. The molecule has 11 N–H and O–H groups in total. The van der Waals surface area contributed by atoms with E-state index < -0.39 is 36.7 Å². The van der Waals surface area contributed by atoms with E-state index in [9.17, 15) is 9.59 Å². The first-order valence-corrected chi connectivity index (χ1v) is 8.61. The molecule has 0 aliphatic rings. The van der Waals surface area contributed by atoms with E-state index in [1.165, 1.54) is 0 Å². The summed E-state index contributed by atoms with van der Waals surface area (Å²) in [5, 5.41) is 33.0. The number of guanidine groups is 1. The summed E-state index contributed by atoms with van der Waals surface area (Å²) in [4.78, 5) is 39.1. The van der Waals surface area contributed by atoms with Crippen LogP contribution in [0.15, 0.2) is 9.52 Å². The van der Waals surface area contributed by atoms with Gasteiger partial charge in [-0.3, -0.25) is 9.79 Å². The number of carboxylic acids is 2. The highest BCUT2D eigenvalue weighted by atomic mass is 16.5. The van der Waals surface area contributed by atoms with Crippen LogP contribution in [0.25, 0.3) is 0 Å². The Hall–Kier alpha value is -3.90. The predicted octanol–water partition coefficient (Wildman–Crippen LogP) is -2.29. The highest BCUT2D eigenvalue weighted by Crippen LogP contribution is 2.12. The van der Waals surface area contributed by atoms with E-state index in [4.69, 9.17) is 41.8 Å². The highest BCUT2D eigenvalue weighted by molar-refractivity contribution is 5.82. The zero-order valence-corrected chi connectivity index (χ0v) is 16.9. The molecule has 1 heterocycles. The number of hydrogen-bond acceptors (Lipinski definition) is 9. The number of aromatic nitrogens is 2. The summed E-state index contributed by atoms with van der Waals surface area (Å²) in [5.74, 6) is -1.82. The average Bonchev–Trinajstić information content (AvgIpc) is 3.17. The lowest BCUT2D eigenvalue weighted by atomic mass is 10.1. The molecule has 0 fully saturated rings. The van der Waals surface area contributed by atoms with Crippen molar-refractivity contribution in [2.24, 2.45) is 22.2 Å². The number of carbonyl (C=O) groups is 3. The van der Waals surface area contributed by atoms with E-state index in [1.807, 2.05) is 0 Å². The standard InChI is InChI=1S/C12H22N8O5.C2H4O2.C2H2/c13-6(2-1-3-16-11(14)15)9-19-8(25-20-9)4-17-12(24)18-7(5-21)10(22)23;1-2(3)4;1-2/h6-7,21H,1-5,13H2,(H,22,23)(H4,14,15,16)(H2,17,18,24);1H3,(H,3,4);1-2H/t6-,7-;;/m0../s1. The van der Waals surface area contributed by atoms with Gasteiger partial charge in [0.25, 0.3) is 5.97 Å². The van der Waals surface area contributed by atoms with Gasteiger partial charge in [-0.15, -0.1) is 12.8 Å². The summed E-state index contributed by atoms with van der Waals surface area (Å²) in [5.41, 5.74) is 16.3. The molecule has 2 atom stereocenters. The smallest absolute Gasteiger partial charge is 0.328 e. The van der Waals surface area contributed by atoms with Gasteiger partial charge < -0.3 is 47.7 Å². The number of nitrogens with one attached hydrogen (secondary N) is 2. The minimum atomic E-state index is -1.41. The topological polar surface area (TPSA) is 265 Å². The lowest BCUT2D eigenvalue weighted by molar-refractivity contribution is -0.140. The van der Waals surface area contributed by atoms with E-state index in [-0.39, 0.29) is 24.2 Å². The highest BCUT2D eigenvalue weighted by Gasteiger charge is 2.19. The van der Waals surface area contributed by atoms with Gasteiger partial charge in [0.05, 0.1) is 19.2 Å². The molecule has 0 bridgehead atoms. The first-order chi connectivity index (χ1) is 14.6. The van der Waals surface area contributed by atoms with Crippen molar-refractivity contribution in [2.75, 3.05) is 13.2 Å². The Kier molecular flexibility index (Phi) is 16.1. The van der Waals surface area contributed by atoms with Crippen LogP contribution in [0.2, 0.25) is 0 Å². The fraction of sp³-hybridized carbons (Fsp3) is 0.500. The molecule has 1 rings (SSSR count). The van der Waals surface area contributed by atoms with Crippen molar-refractivity contribution < 1.29 is 34.2 Å². The summed E-state index contributed by atoms with van der Waals surface area (Å²) in [6.45, 7) is 0.650. The number of urea groups is 1. The van der Waals surface area contributed by atoms with Gasteiger partial charge in [0.2, 0.25) is 5.89 Å². The third-order valence-corrected chi connectivity index (χ3v) is 2.97. The van der Waals surface area contributed by atoms with E-state index in [1.54, 1.807) is 0 Å². The Morgan fingerprint density at radius 2 is 1.84 bits per heavy atom. The van der Waals surface area contributed by atoms with Crippen LogP contribution in [0, 0.1) is 12.8 Å². The van der Waals surface area contributed by atoms with Crippen LogP contribution in [0.1, 0.15) is 37.5 Å². The minimum Gasteiger partial charge on any atom is -0.481 e. The lowest BCUT2D eigenvalue weighted by Crippen LogP contribution is -2.47. The molecule has 0 saturated carbocycles. The second kappa shape index (κ2) is 17.0. The molecule has 15 heteroatoms. The Morgan fingerprint density at radius 3 is 2.32 bits per heavy atom. The number of aliphatic hydroxyl groups is 1. The van der Waals surface area contributed by atoms with E-state index in [0.717, 1.165) is 6.92 Å². The zero-order valence-electron chi connectivity index (χ0n) is 16.9. The number of aliphatic carboxylic acids is 2. The molecule has 1 aromatic rings. The van der Waals surface area contributed by atoms with Crippen LogP contribution in [0.4, 0.5) is 4.79 Å². The fourth-order valence-electron chi connectivity index (χ4n) is 1.69.